The molecule has 0 unspecified atom stereocenters. The van der Waals surface area contributed by atoms with Gasteiger partial charge in [0.25, 0.3) is 5.91 Å². The van der Waals surface area contributed by atoms with Gasteiger partial charge in [-0.2, -0.15) is 0 Å². The molecule has 6 rings (SSSR count). The lowest BCUT2D eigenvalue weighted by atomic mass is 9.90. The third-order valence-corrected chi connectivity index (χ3v) is 8.19. The third-order valence-electron chi connectivity index (χ3n) is 8.19. The molecule has 7 nitrogen and oxygen atoms in total. The number of fused-ring (bicyclic) bond motifs is 2. The van der Waals surface area contributed by atoms with Gasteiger partial charge >= 0.3 is 0 Å². The number of amides is 1. The Morgan fingerprint density at radius 1 is 0.974 bits per heavy atom. The van der Waals surface area contributed by atoms with Gasteiger partial charge in [0.15, 0.2) is 0 Å². The average molecular weight is 524 g/mol. The van der Waals surface area contributed by atoms with Crippen LogP contribution < -0.4 is 0 Å². The molecule has 4 heterocycles. The van der Waals surface area contributed by atoms with Crippen LogP contribution in [0.25, 0.3) is 33.3 Å². The van der Waals surface area contributed by atoms with Crippen LogP contribution in [0.4, 0.5) is 0 Å². The van der Waals surface area contributed by atoms with E-state index in [2.05, 4.69) is 39.9 Å². The van der Waals surface area contributed by atoms with Crippen molar-refractivity contribution < 1.29 is 9.53 Å². The zero-order valence-electron chi connectivity index (χ0n) is 23.2. The Morgan fingerprint density at radius 3 is 2.51 bits per heavy atom. The first-order valence-corrected chi connectivity index (χ1v) is 13.9. The number of ether oxygens (including phenoxy) is 1. The molecule has 1 saturated heterocycles. The second kappa shape index (κ2) is 10.9. The zero-order chi connectivity index (χ0) is 26.9. The van der Waals surface area contributed by atoms with Crippen LogP contribution in [0.15, 0.2) is 54.9 Å². The highest BCUT2D eigenvalue weighted by atomic mass is 16.5. The summed E-state index contributed by atoms with van der Waals surface area (Å²) in [5.41, 5.74) is 10.4. The highest BCUT2D eigenvalue weighted by Crippen LogP contribution is 2.34. The van der Waals surface area contributed by atoms with Crippen molar-refractivity contribution >= 4 is 16.9 Å². The number of nitrogens with one attached hydrogen (secondary N) is 1. The summed E-state index contributed by atoms with van der Waals surface area (Å²) in [7, 11) is 3.54. The first kappa shape index (κ1) is 25.7. The van der Waals surface area contributed by atoms with Gasteiger partial charge in [0.05, 0.1) is 13.2 Å². The molecule has 0 aliphatic carbocycles. The van der Waals surface area contributed by atoms with Gasteiger partial charge in [0.1, 0.15) is 5.65 Å². The van der Waals surface area contributed by atoms with E-state index in [0.29, 0.717) is 5.56 Å². The van der Waals surface area contributed by atoms with Gasteiger partial charge in [-0.15, -0.1) is 0 Å². The van der Waals surface area contributed by atoms with Gasteiger partial charge < -0.3 is 14.6 Å². The number of pyridine rings is 1. The number of aromatic amines is 1. The first-order valence-electron chi connectivity index (χ1n) is 13.9. The Balaban J connectivity index is 1.25. The molecule has 0 bridgehead atoms. The van der Waals surface area contributed by atoms with Crippen molar-refractivity contribution in [1.82, 2.24) is 24.7 Å². The molecule has 0 atom stereocenters. The summed E-state index contributed by atoms with van der Waals surface area (Å²) in [4.78, 5) is 27.1. The fourth-order valence-corrected chi connectivity index (χ4v) is 5.89. The van der Waals surface area contributed by atoms with Crippen LogP contribution in [0, 0.1) is 6.92 Å². The normalized spacial score (nSPS) is 16.4. The Hall–Kier alpha value is -3.52. The predicted octanol–water partition coefficient (Wildman–Crippen LogP) is 4.60. The Bertz CT molecular complexity index is 1480. The number of nitrogens with zero attached hydrogens (tertiary/aromatic N) is 4. The lowest BCUT2D eigenvalue weighted by Gasteiger charge is -2.33. The van der Waals surface area contributed by atoms with E-state index in [0.717, 1.165) is 86.6 Å². The maximum absolute atomic E-state index is 12.3. The van der Waals surface area contributed by atoms with E-state index in [9.17, 15) is 4.79 Å². The lowest BCUT2D eigenvalue weighted by molar-refractivity contribution is 0.0326. The van der Waals surface area contributed by atoms with Crippen LogP contribution in [0.3, 0.4) is 0 Å². The van der Waals surface area contributed by atoms with E-state index in [1.54, 1.807) is 19.0 Å². The van der Waals surface area contributed by atoms with Crippen molar-refractivity contribution in [3.05, 3.63) is 77.1 Å². The standard InChI is InChI=1S/C32H37N5O2/c1-22-16-25(17-27-21-37(9-8-28(22)27)11-10-36-12-14-39-15-13-36)26-18-29-30(20-34-31(29)33-19-26)23-4-6-24(7-5-23)32(38)35(2)3/h4-7,16-20H,8-15,21H2,1-3H3,(H,33,34). The van der Waals surface area contributed by atoms with E-state index in [1.165, 1.54) is 22.3 Å². The van der Waals surface area contributed by atoms with Gasteiger partial charge in [0.2, 0.25) is 0 Å². The molecule has 0 saturated carbocycles. The molecular formula is C32H37N5O2. The summed E-state index contributed by atoms with van der Waals surface area (Å²) in [5.74, 6) is 0.00636. The quantitative estimate of drug-likeness (QED) is 0.400. The number of morpholine rings is 1. The fourth-order valence-electron chi connectivity index (χ4n) is 5.89. The summed E-state index contributed by atoms with van der Waals surface area (Å²) in [6.07, 6.45) is 5.09. The summed E-state index contributed by atoms with van der Waals surface area (Å²) in [6, 6.07) is 14.8. The smallest absolute Gasteiger partial charge is 0.253 e. The number of rotatable bonds is 6. The van der Waals surface area contributed by atoms with Crippen molar-refractivity contribution in [2.24, 2.45) is 0 Å². The van der Waals surface area contributed by atoms with Gasteiger partial charge in [0, 0.05) is 87.8 Å². The van der Waals surface area contributed by atoms with E-state index >= 15 is 0 Å². The molecule has 2 aromatic heterocycles. The fraction of sp³-hybridized carbons (Fsp3) is 0.375. The van der Waals surface area contributed by atoms with Crippen LogP contribution in [0.5, 0.6) is 0 Å². The second-order valence-electron chi connectivity index (χ2n) is 11.0. The Kier molecular flexibility index (Phi) is 7.21. The van der Waals surface area contributed by atoms with E-state index in [-0.39, 0.29) is 5.91 Å². The highest BCUT2D eigenvalue weighted by Gasteiger charge is 2.21. The molecule has 1 N–H and O–H groups in total. The molecule has 2 aliphatic rings. The monoisotopic (exact) mass is 523 g/mol. The molecule has 202 valence electrons. The summed E-state index contributed by atoms with van der Waals surface area (Å²) in [6.45, 7) is 10.4. The number of carbonyl (C=O) groups is 1. The number of aryl methyl sites for hydroxylation is 1. The number of carbonyl (C=O) groups excluding carboxylic acids is 1. The van der Waals surface area contributed by atoms with Gasteiger partial charge in [-0.25, -0.2) is 4.98 Å². The molecule has 2 aliphatic heterocycles. The molecule has 39 heavy (non-hydrogen) atoms. The van der Waals surface area contributed by atoms with Crippen molar-refractivity contribution in [3.8, 4) is 22.3 Å². The lowest BCUT2D eigenvalue weighted by Crippen LogP contribution is -2.42. The summed E-state index contributed by atoms with van der Waals surface area (Å²) in [5, 5.41) is 1.08. The topological polar surface area (TPSA) is 64.7 Å². The summed E-state index contributed by atoms with van der Waals surface area (Å²) >= 11 is 0. The number of H-pyrrole nitrogens is 1. The van der Waals surface area contributed by atoms with Crippen molar-refractivity contribution in [2.75, 3.05) is 60.0 Å². The minimum Gasteiger partial charge on any atom is -0.379 e. The van der Waals surface area contributed by atoms with E-state index in [4.69, 9.17) is 9.72 Å². The molecule has 4 aromatic rings. The van der Waals surface area contributed by atoms with Gasteiger partial charge in [-0.05, 0) is 65.4 Å². The molecular weight excluding hydrogens is 486 g/mol. The van der Waals surface area contributed by atoms with E-state index in [1.807, 2.05) is 36.7 Å². The average Bonchev–Trinajstić information content (AvgIpc) is 3.39. The highest BCUT2D eigenvalue weighted by molar-refractivity contribution is 5.98. The number of hydrogen-bond acceptors (Lipinski definition) is 5. The number of benzene rings is 2. The minimum absolute atomic E-state index is 0.00636. The maximum Gasteiger partial charge on any atom is 0.253 e. The van der Waals surface area contributed by atoms with Crippen LogP contribution in [-0.2, 0) is 17.7 Å². The molecule has 0 spiro atoms. The molecule has 2 aromatic carbocycles. The number of aromatic nitrogens is 2. The maximum atomic E-state index is 12.3. The van der Waals surface area contributed by atoms with Crippen LogP contribution in [0.1, 0.15) is 27.0 Å². The number of hydrogen-bond donors (Lipinski definition) is 1. The second-order valence-corrected chi connectivity index (χ2v) is 11.0. The SMILES string of the molecule is Cc1cc(-c2cnc3[nH]cc(-c4ccc(C(=O)N(C)C)cc4)c3c2)cc2c1CCN(CCN1CCOCC1)C2. The van der Waals surface area contributed by atoms with Crippen LogP contribution in [-0.4, -0.2) is 90.6 Å². The predicted molar refractivity (Wildman–Crippen MR) is 156 cm³/mol. The zero-order valence-corrected chi connectivity index (χ0v) is 23.2. The van der Waals surface area contributed by atoms with Crippen LogP contribution >= 0.6 is 0 Å². The van der Waals surface area contributed by atoms with Crippen LogP contribution in [0.2, 0.25) is 0 Å². The van der Waals surface area contributed by atoms with Crippen molar-refractivity contribution in [3.63, 3.8) is 0 Å². The van der Waals surface area contributed by atoms with Gasteiger partial charge in [-0.3, -0.25) is 14.6 Å². The minimum atomic E-state index is 0.00636. The molecule has 1 fully saturated rings. The molecule has 0 radical (unpaired) electrons. The first-order chi connectivity index (χ1) is 19.0. The Morgan fingerprint density at radius 2 is 1.74 bits per heavy atom. The Labute approximate surface area is 230 Å². The van der Waals surface area contributed by atoms with Crippen molar-refractivity contribution in [2.45, 2.75) is 19.9 Å². The molecule has 1 amide bonds. The van der Waals surface area contributed by atoms with Crippen molar-refractivity contribution in [1.29, 1.82) is 0 Å². The molecule has 7 heteroatoms. The van der Waals surface area contributed by atoms with Gasteiger partial charge in [-0.1, -0.05) is 18.2 Å². The summed E-state index contributed by atoms with van der Waals surface area (Å²) < 4.78 is 5.51. The largest absolute Gasteiger partial charge is 0.379 e. The van der Waals surface area contributed by atoms with E-state index < -0.39 is 0 Å². The third kappa shape index (κ3) is 5.35.